The van der Waals surface area contributed by atoms with Gasteiger partial charge >= 0.3 is 0 Å². The van der Waals surface area contributed by atoms with Crippen LogP contribution in [0.1, 0.15) is 5.69 Å². The first-order valence-corrected chi connectivity index (χ1v) is 5.39. The Morgan fingerprint density at radius 2 is 2.28 bits per heavy atom. The second-order valence-corrected chi connectivity index (χ2v) is 3.91. The molecule has 0 bridgehead atoms. The molecular weight excluding hydrogens is 235 g/mol. The van der Waals surface area contributed by atoms with E-state index in [1.54, 1.807) is 10.9 Å². The van der Waals surface area contributed by atoms with E-state index in [9.17, 15) is 9.18 Å². The van der Waals surface area contributed by atoms with Crippen molar-refractivity contribution in [1.82, 2.24) is 9.78 Å². The highest BCUT2D eigenvalue weighted by Crippen LogP contribution is 2.16. The molecule has 2 rings (SSSR count). The van der Waals surface area contributed by atoms with E-state index in [0.29, 0.717) is 5.69 Å². The number of anilines is 2. The highest BCUT2D eigenvalue weighted by molar-refractivity contribution is 5.91. The number of aryl methyl sites for hydroxylation is 1. The number of carbonyl (C=O) groups excluding carboxylic acids is 1. The van der Waals surface area contributed by atoms with Gasteiger partial charge in [0.1, 0.15) is 12.4 Å². The molecule has 0 fully saturated rings. The summed E-state index contributed by atoms with van der Waals surface area (Å²) in [6.07, 6.45) is 1.62. The van der Waals surface area contributed by atoms with Gasteiger partial charge < -0.3 is 11.1 Å². The number of amides is 1. The first kappa shape index (κ1) is 12.1. The van der Waals surface area contributed by atoms with E-state index in [4.69, 9.17) is 5.73 Å². The molecule has 6 heteroatoms. The Balaban J connectivity index is 2.03. The summed E-state index contributed by atoms with van der Waals surface area (Å²) in [5.41, 5.74) is 6.77. The van der Waals surface area contributed by atoms with Crippen molar-refractivity contribution in [2.45, 2.75) is 13.5 Å². The van der Waals surface area contributed by atoms with Crippen LogP contribution >= 0.6 is 0 Å². The van der Waals surface area contributed by atoms with Crippen molar-refractivity contribution in [2.75, 3.05) is 11.1 Å². The molecule has 0 saturated heterocycles. The van der Waals surface area contributed by atoms with E-state index in [-0.39, 0.29) is 18.1 Å². The zero-order chi connectivity index (χ0) is 13.1. The van der Waals surface area contributed by atoms with Gasteiger partial charge in [0.15, 0.2) is 0 Å². The van der Waals surface area contributed by atoms with Crippen LogP contribution in [0.15, 0.2) is 30.5 Å². The second-order valence-electron chi connectivity index (χ2n) is 3.91. The van der Waals surface area contributed by atoms with Gasteiger partial charge in [0.2, 0.25) is 5.91 Å². The average Bonchev–Trinajstić information content (AvgIpc) is 2.70. The summed E-state index contributed by atoms with van der Waals surface area (Å²) in [5, 5.41) is 6.63. The zero-order valence-electron chi connectivity index (χ0n) is 9.85. The molecule has 0 aliphatic rings. The van der Waals surface area contributed by atoms with E-state index in [0.717, 1.165) is 5.69 Å². The molecule has 1 aromatic heterocycles. The number of nitrogens with zero attached hydrogens (tertiary/aromatic N) is 2. The lowest BCUT2D eigenvalue weighted by atomic mass is 10.2. The van der Waals surface area contributed by atoms with Crippen LogP contribution in [-0.2, 0) is 11.3 Å². The largest absolute Gasteiger partial charge is 0.396 e. The first-order chi connectivity index (χ1) is 8.56. The van der Waals surface area contributed by atoms with E-state index in [1.165, 1.54) is 18.2 Å². The summed E-state index contributed by atoms with van der Waals surface area (Å²) in [6.45, 7) is 1.96. The molecule has 2 aromatic rings. The number of nitrogens with two attached hydrogens (primary N) is 1. The van der Waals surface area contributed by atoms with Gasteiger partial charge in [0.25, 0.3) is 0 Å². The van der Waals surface area contributed by atoms with Crippen molar-refractivity contribution >= 4 is 17.3 Å². The Morgan fingerprint density at radius 3 is 2.89 bits per heavy atom. The molecule has 18 heavy (non-hydrogen) atoms. The van der Waals surface area contributed by atoms with Gasteiger partial charge in [-0.15, -0.1) is 0 Å². The third kappa shape index (κ3) is 2.65. The molecule has 0 saturated carbocycles. The van der Waals surface area contributed by atoms with Crippen LogP contribution in [0.2, 0.25) is 0 Å². The van der Waals surface area contributed by atoms with Gasteiger partial charge in [-0.2, -0.15) is 5.10 Å². The molecule has 94 valence electrons. The van der Waals surface area contributed by atoms with Crippen LogP contribution in [0.5, 0.6) is 0 Å². The lowest BCUT2D eigenvalue weighted by Gasteiger charge is -2.07. The Labute approximate surface area is 103 Å². The van der Waals surface area contributed by atoms with Crippen molar-refractivity contribution in [3.05, 3.63) is 42.0 Å². The lowest BCUT2D eigenvalue weighted by Crippen LogP contribution is -2.20. The molecule has 0 atom stereocenters. The van der Waals surface area contributed by atoms with Crippen molar-refractivity contribution in [2.24, 2.45) is 0 Å². The third-order valence-electron chi connectivity index (χ3n) is 2.50. The smallest absolute Gasteiger partial charge is 0.246 e. The van der Waals surface area contributed by atoms with Crippen molar-refractivity contribution in [3.63, 3.8) is 0 Å². The summed E-state index contributed by atoms with van der Waals surface area (Å²) in [4.78, 5) is 11.7. The SMILES string of the molecule is Cc1ccnn1CC(=O)Nc1ccc(F)c(N)c1. The minimum atomic E-state index is -0.504. The van der Waals surface area contributed by atoms with E-state index < -0.39 is 5.82 Å². The standard InChI is InChI=1S/C12H13FN4O/c1-8-4-5-15-17(8)7-12(18)16-9-2-3-10(13)11(14)6-9/h2-6H,7,14H2,1H3,(H,16,18). The van der Waals surface area contributed by atoms with E-state index in [2.05, 4.69) is 10.4 Å². The van der Waals surface area contributed by atoms with Crippen molar-refractivity contribution in [3.8, 4) is 0 Å². The Kier molecular flexibility index (Phi) is 3.27. The minimum Gasteiger partial charge on any atom is -0.396 e. The number of carbonyl (C=O) groups is 1. The fourth-order valence-electron chi connectivity index (χ4n) is 1.52. The summed E-state index contributed by atoms with van der Waals surface area (Å²) in [5.74, 6) is -0.747. The topological polar surface area (TPSA) is 72.9 Å². The summed E-state index contributed by atoms with van der Waals surface area (Å²) in [7, 11) is 0. The summed E-state index contributed by atoms with van der Waals surface area (Å²) >= 11 is 0. The van der Waals surface area contributed by atoms with Crippen LogP contribution in [0.4, 0.5) is 15.8 Å². The molecule has 0 spiro atoms. The van der Waals surface area contributed by atoms with Gasteiger partial charge in [0.05, 0.1) is 5.69 Å². The molecule has 0 aliphatic carbocycles. The highest BCUT2D eigenvalue weighted by Gasteiger charge is 2.07. The number of rotatable bonds is 3. The normalized spacial score (nSPS) is 10.3. The van der Waals surface area contributed by atoms with Gasteiger partial charge in [-0.3, -0.25) is 9.48 Å². The lowest BCUT2D eigenvalue weighted by molar-refractivity contribution is -0.116. The maximum absolute atomic E-state index is 12.9. The highest BCUT2D eigenvalue weighted by atomic mass is 19.1. The van der Waals surface area contributed by atoms with Crippen LogP contribution in [0.3, 0.4) is 0 Å². The van der Waals surface area contributed by atoms with Crippen LogP contribution < -0.4 is 11.1 Å². The van der Waals surface area contributed by atoms with Gasteiger partial charge in [-0.25, -0.2) is 4.39 Å². The molecule has 5 nitrogen and oxygen atoms in total. The first-order valence-electron chi connectivity index (χ1n) is 5.39. The number of nitrogen functional groups attached to an aromatic ring is 1. The van der Waals surface area contributed by atoms with Crippen molar-refractivity contribution in [1.29, 1.82) is 0 Å². The molecule has 1 amide bonds. The zero-order valence-corrected chi connectivity index (χ0v) is 9.85. The van der Waals surface area contributed by atoms with Crippen LogP contribution in [0, 0.1) is 12.7 Å². The molecular formula is C12H13FN4O. The molecule has 1 aromatic carbocycles. The fraction of sp³-hybridized carbons (Fsp3) is 0.167. The second kappa shape index (κ2) is 4.87. The fourth-order valence-corrected chi connectivity index (χ4v) is 1.52. The molecule has 1 heterocycles. The number of aromatic nitrogens is 2. The van der Waals surface area contributed by atoms with Crippen LogP contribution in [-0.4, -0.2) is 15.7 Å². The quantitative estimate of drug-likeness (QED) is 0.809. The van der Waals surface area contributed by atoms with E-state index >= 15 is 0 Å². The van der Waals surface area contributed by atoms with Crippen molar-refractivity contribution < 1.29 is 9.18 Å². The van der Waals surface area contributed by atoms with Crippen LogP contribution in [0.25, 0.3) is 0 Å². The molecule has 0 aliphatic heterocycles. The summed E-state index contributed by atoms with van der Waals surface area (Å²) < 4.78 is 14.5. The third-order valence-corrected chi connectivity index (χ3v) is 2.50. The Bertz CT molecular complexity index is 579. The maximum Gasteiger partial charge on any atom is 0.246 e. The molecule has 0 unspecified atom stereocenters. The predicted octanol–water partition coefficient (Wildman–Crippen LogP) is 1.55. The number of halogens is 1. The van der Waals surface area contributed by atoms with E-state index in [1.807, 2.05) is 13.0 Å². The molecule has 0 radical (unpaired) electrons. The minimum absolute atomic E-state index is 0.00284. The number of hydrogen-bond donors (Lipinski definition) is 2. The maximum atomic E-state index is 12.9. The van der Waals surface area contributed by atoms with Gasteiger partial charge in [0, 0.05) is 17.6 Å². The summed E-state index contributed by atoms with van der Waals surface area (Å²) in [6, 6.07) is 5.86. The predicted molar refractivity (Wildman–Crippen MR) is 66.4 cm³/mol. The van der Waals surface area contributed by atoms with Gasteiger partial charge in [-0.1, -0.05) is 0 Å². The monoisotopic (exact) mass is 248 g/mol. The number of hydrogen-bond acceptors (Lipinski definition) is 3. The Hall–Kier alpha value is -2.37. The number of benzene rings is 1. The number of nitrogens with one attached hydrogen (secondary N) is 1. The Morgan fingerprint density at radius 1 is 1.50 bits per heavy atom. The van der Waals surface area contributed by atoms with Gasteiger partial charge in [-0.05, 0) is 31.2 Å². The molecule has 3 N–H and O–H groups in total. The average molecular weight is 248 g/mol.